The van der Waals surface area contributed by atoms with Gasteiger partial charge in [-0.2, -0.15) is 0 Å². The Balaban J connectivity index is 1.73. The lowest BCUT2D eigenvalue weighted by atomic mass is 9.94. The Morgan fingerprint density at radius 3 is 2.49 bits per heavy atom. The van der Waals surface area contributed by atoms with Crippen LogP contribution in [0.2, 0.25) is 0 Å². The normalized spacial score (nSPS) is 17.7. The molecular formula is C26H20N2O9. The van der Waals surface area contributed by atoms with Crippen LogP contribution in [0.5, 0.6) is 23.0 Å². The Morgan fingerprint density at radius 2 is 1.76 bits per heavy atom. The van der Waals surface area contributed by atoms with Gasteiger partial charge in [0.25, 0.3) is 17.4 Å². The highest BCUT2D eigenvalue weighted by Gasteiger charge is 2.47. The first kappa shape index (κ1) is 23.7. The van der Waals surface area contributed by atoms with Crippen LogP contribution in [0, 0.1) is 10.1 Å². The third kappa shape index (κ3) is 3.96. The number of nitro groups is 1. The maximum Gasteiger partial charge on any atom is 0.300 e. The van der Waals surface area contributed by atoms with Crippen molar-refractivity contribution in [2.24, 2.45) is 0 Å². The standard InChI is InChI=1S/C26H20N2O9/c1-34-18-8-6-14(11-20(18)35-2)23-22(24(29)15-4-3-5-17(10-15)28(32)33)25(30)26(31)27(23)16-7-9-19-21(12-16)37-13-36-19/h3-12,23,29H,13H2,1-2H3/b24-22+. The van der Waals surface area contributed by atoms with E-state index in [1.165, 1.54) is 37.3 Å². The van der Waals surface area contributed by atoms with Gasteiger partial charge in [-0.05, 0) is 29.8 Å². The van der Waals surface area contributed by atoms with Gasteiger partial charge < -0.3 is 24.1 Å². The van der Waals surface area contributed by atoms with E-state index in [9.17, 15) is 24.8 Å². The minimum Gasteiger partial charge on any atom is -0.507 e. The lowest BCUT2D eigenvalue weighted by molar-refractivity contribution is -0.384. The summed E-state index contributed by atoms with van der Waals surface area (Å²) in [5, 5.41) is 22.5. The van der Waals surface area contributed by atoms with Gasteiger partial charge in [0.1, 0.15) is 5.76 Å². The third-order valence-corrected chi connectivity index (χ3v) is 6.13. The van der Waals surface area contributed by atoms with Crippen molar-refractivity contribution >= 4 is 28.8 Å². The van der Waals surface area contributed by atoms with Crippen LogP contribution in [0.25, 0.3) is 5.76 Å². The van der Waals surface area contributed by atoms with E-state index < -0.39 is 28.4 Å². The highest BCUT2D eigenvalue weighted by Crippen LogP contribution is 2.46. The van der Waals surface area contributed by atoms with Gasteiger partial charge in [-0.1, -0.05) is 18.2 Å². The smallest absolute Gasteiger partial charge is 0.300 e. The molecule has 0 spiro atoms. The van der Waals surface area contributed by atoms with Crippen molar-refractivity contribution in [2.45, 2.75) is 6.04 Å². The molecule has 1 N–H and O–H groups in total. The summed E-state index contributed by atoms with van der Waals surface area (Å²) in [6, 6.07) is 13.7. The molecule has 3 aromatic rings. The Hall–Kier alpha value is -5.06. The Morgan fingerprint density at radius 1 is 1.00 bits per heavy atom. The minimum atomic E-state index is -1.10. The second-order valence-corrected chi connectivity index (χ2v) is 8.13. The molecule has 5 rings (SSSR count). The fourth-order valence-corrected chi connectivity index (χ4v) is 4.39. The number of carbonyl (C=O) groups is 2. The number of aliphatic hydroxyl groups excluding tert-OH is 1. The molecular weight excluding hydrogens is 484 g/mol. The van der Waals surface area contributed by atoms with Gasteiger partial charge in [0, 0.05) is 29.4 Å². The number of fused-ring (bicyclic) bond motifs is 1. The number of nitrogens with zero attached hydrogens (tertiary/aromatic N) is 2. The summed E-state index contributed by atoms with van der Waals surface area (Å²) in [4.78, 5) is 38.7. The molecule has 2 heterocycles. The number of carbonyl (C=O) groups excluding carboxylic acids is 2. The molecule has 2 aliphatic heterocycles. The number of benzene rings is 3. The van der Waals surface area contributed by atoms with Gasteiger partial charge in [-0.15, -0.1) is 0 Å². The molecule has 0 aliphatic carbocycles. The third-order valence-electron chi connectivity index (χ3n) is 6.13. The van der Waals surface area contributed by atoms with Crippen LogP contribution in [0.1, 0.15) is 17.2 Å². The molecule has 1 amide bonds. The Bertz CT molecular complexity index is 1480. The second-order valence-electron chi connectivity index (χ2n) is 8.13. The number of Topliss-reactive ketones (excluding diaryl/α,β-unsaturated/α-hetero) is 1. The Labute approximate surface area is 210 Å². The largest absolute Gasteiger partial charge is 0.507 e. The van der Waals surface area contributed by atoms with Gasteiger partial charge in [0.05, 0.1) is 30.8 Å². The number of hydrogen-bond donors (Lipinski definition) is 1. The van der Waals surface area contributed by atoms with Crippen molar-refractivity contribution in [2.75, 3.05) is 25.9 Å². The highest BCUT2D eigenvalue weighted by atomic mass is 16.7. The number of methoxy groups -OCH3 is 2. The number of ketones is 1. The molecule has 0 radical (unpaired) electrons. The molecule has 188 valence electrons. The van der Waals surface area contributed by atoms with Crippen molar-refractivity contribution < 1.29 is 38.6 Å². The minimum absolute atomic E-state index is 0.0170. The van der Waals surface area contributed by atoms with E-state index in [0.717, 1.165) is 6.07 Å². The van der Waals surface area contributed by atoms with Gasteiger partial charge in [-0.25, -0.2) is 0 Å². The van der Waals surface area contributed by atoms with Crippen LogP contribution < -0.4 is 23.8 Å². The molecule has 2 aliphatic rings. The average Bonchev–Trinajstić information content (AvgIpc) is 3.49. The van der Waals surface area contributed by atoms with Crippen molar-refractivity contribution in [3.05, 3.63) is 87.5 Å². The molecule has 37 heavy (non-hydrogen) atoms. The highest BCUT2D eigenvalue weighted by molar-refractivity contribution is 6.51. The number of aliphatic hydroxyl groups is 1. The first-order chi connectivity index (χ1) is 17.8. The van der Waals surface area contributed by atoms with Crippen molar-refractivity contribution in [3.63, 3.8) is 0 Å². The van der Waals surface area contributed by atoms with Gasteiger partial charge >= 0.3 is 0 Å². The van der Waals surface area contributed by atoms with Gasteiger partial charge in [-0.3, -0.25) is 24.6 Å². The topological polar surface area (TPSA) is 138 Å². The summed E-state index contributed by atoms with van der Waals surface area (Å²) in [5.74, 6) is -0.766. The van der Waals surface area contributed by atoms with E-state index >= 15 is 0 Å². The first-order valence-electron chi connectivity index (χ1n) is 11.0. The molecule has 0 aromatic heterocycles. The summed E-state index contributed by atoms with van der Waals surface area (Å²) >= 11 is 0. The van der Waals surface area contributed by atoms with Crippen LogP contribution in [-0.2, 0) is 9.59 Å². The second kappa shape index (κ2) is 9.19. The molecule has 0 bridgehead atoms. The maximum absolute atomic E-state index is 13.4. The quantitative estimate of drug-likeness (QED) is 0.174. The van der Waals surface area contributed by atoms with E-state index in [1.54, 1.807) is 36.4 Å². The number of non-ortho nitro benzene ring substituents is 1. The summed E-state index contributed by atoms with van der Waals surface area (Å²) < 4.78 is 21.5. The van der Waals surface area contributed by atoms with E-state index in [-0.39, 0.29) is 23.6 Å². The molecule has 0 saturated carbocycles. The zero-order chi connectivity index (χ0) is 26.3. The SMILES string of the molecule is COc1ccc(C2/C(=C(\O)c3cccc([N+](=O)[O-])c3)C(=O)C(=O)N2c2ccc3c(c2)OCO3)cc1OC. The maximum atomic E-state index is 13.4. The molecule has 1 atom stereocenters. The lowest BCUT2D eigenvalue weighted by Gasteiger charge is -2.26. The molecule has 11 nitrogen and oxygen atoms in total. The predicted molar refractivity (Wildman–Crippen MR) is 130 cm³/mol. The number of rotatable bonds is 6. The number of ether oxygens (including phenoxy) is 4. The molecule has 1 unspecified atom stereocenters. The summed E-state index contributed by atoms with van der Waals surface area (Å²) in [6.45, 7) is 0.0174. The molecule has 1 fully saturated rings. The van der Waals surface area contributed by atoms with Crippen molar-refractivity contribution in [1.82, 2.24) is 0 Å². The number of anilines is 1. The van der Waals surface area contributed by atoms with E-state index in [2.05, 4.69) is 0 Å². The summed E-state index contributed by atoms with van der Waals surface area (Å²) in [5.41, 5.74) is 0.251. The average molecular weight is 504 g/mol. The van der Waals surface area contributed by atoms with E-state index in [1.807, 2.05) is 0 Å². The van der Waals surface area contributed by atoms with Crippen LogP contribution in [0.15, 0.2) is 66.2 Å². The summed E-state index contributed by atoms with van der Waals surface area (Å²) in [7, 11) is 2.91. The summed E-state index contributed by atoms with van der Waals surface area (Å²) in [6.07, 6.45) is 0. The van der Waals surface area contributed by atoms with Crippen molar-refractivity contribution in [1.29, 1.82) is 0 Å². The van der Waals surface area contributed by atoms with Gasteiger partial charge in [0.2, 0.25) is 6.79 Å². The van der Waals surface area contributed by atoms with Crippen LogP contribution in [-0.4, -0.2) is 42.7 Å². The van der Waals surface area contributed by atoms with E-state index in [0.29, 0.717) is 34.2 Å². The monoisotopic (exact) mass is 504 g/mol. The fraction of sp³-hybridized carbons (Fsp3) is 0.154. The van der Waals surface area contributed by atoms with Crippen LogP contribution in [0.4, 0.5) is 11.4 Å². The van der Waals surface area contributed by atoms with Crippen LogP contribution in [0.3, 0.4) is 0 Å². The number of amides is 1. The van der Waals surface area contributed by atoms with E-state index in [4.69, 9.17) is 18.9 Å². The number of nitro benzene ring substituents is 1. The fourth-order valence-electron chi connectivity index (χ4n) is 4.39. The zero-order valence-electron chi connectivity index (χ0n) is 19.7. The number of hydrogen-bond acceptors (Lipinski definition) is 9. The lowest BCUT2D eigenvalue weighted by Crippen LogP contribution is -2.29. The van der Waals surface area contributed by atoms with Gasteiger partial charge in [0.15, 0.2) is 23.0 Å². The molecule has 11 heteroatoms. The predicted octanol–water partition coefficient (Wildman–Crippen LogP) is 3.97. The Kier molecular flexibility index (Phi) is 5.88. The van der Waals surface area contributed by atoms with Crippen molar-refractivity contribution in [3.8, 4) is 23.0 Å². The first-order valence-corrected chi connectivity index (χ1v) is 11.0. The zero-order valence-corrected chi connectivity index (χ0v) is 19.7. The van der Waals surface area contributed by atoms with Crippen LogP contribution >= 0.6 is 0 Å². The molecule has 3 aromatic carbocycles. The molecule has 1 saturated heterocycles.